The number of hydrogen-bond acceptors (Lipinski definition) is 2. The van der Waals surface area contributed by atoms with Crippen LogP contribution in [-0.2, 0) is 4.79 Å². The molecule has 0 bridgehead atoms. The smallest absolute Gasteiger partial charge is 0.223 e. The summed E-state index contributed by atoms with van der Waals surface area (Å²) in [6, 6.07) is 0. The van der Waals surface area contributed by atoms with Crippen LogP contribution in [0.15, 0.2) is 0 Å². The summed E-state index contributed by atoms with van der Waals surface area (Å²) in [5, 5.41) is 0. The first-order valence-corrected chi connectivity index (χ1v) is 7.76. The molecule has 0 aromatic heterocycles. The standard InChI is InChI=1S/C16H34N2O/c1-7-9-12-18(13-10-11-17(6)8-2)15(19)14-16(3,4)5/h7-14H2,1-6H3. The van der Waals surface area contributed by atoms with Gasteiger partial charge >= 0.3 is 0 Å². The van der Waals surface area contributed by atoms with E-state index in [2.05, 4.69) is 51.5 Å². The van der Waals surface area contributed by atoms with Crippen LogP contribution < -0.4 is 0 Å². The van der Waals surface area contributed by atoms with Gasteiger partial charge in [-0.1, -0.05) is 41.0 Å². The molecule has 1 amide bonds. The number of unbranched alkanes of at least 4 members (excludes halogenated alkanes) is 1. The van der Waals surface area contributed by atoms with Crippen LogP contribution in [0.1, 0.15) is 60.3 Å². The van der Waals surface area contributed by atoms with Crippen molar-refractivity contribution in [3.63, 3.8) is 0 Å². The monoisotopic (exact) mass is 270 g/mol. The number of carbonyl (C=O) groups excluding carboxylic acids is 1. The summed E-state index contributed by atoms with van der Waals surface area (Å²) in [7, 11) is 2.13. The highest BCUT2D eigenvalue weighted by Gasteiger charge is 2.20. The first-order chi connectivity index (χ1) is 8.80. The molecule has 0 radical (unpaired) electrons. The summed E-state index contributed by atoms with van der Waals surface area (Å²) >= 11 is 0. The minimum absolute atomic E-state index is 0.0851. The Morgan fingerprint density at radius 3 is 2.05 bits per heavy atom. The highest BCUT2D eigenvalue weighted by Crippen LogP contribution is 2.20. The summed E-state index contributed by atoms with van der Waals surface area (Å²) in [4.78, 5) is 16.7. The fraction of sp³-hybridized carbons (Fsp3) is 0.938. The molecule has 0 rings (SSSR count). The lowest BCUT2D eigenvalue weighted by Gasteiger charge is -2.27. The SMILES string of the molecule is CCCCN(CCCN(C)CC)C(=O)CC(C)(C)C. The second kappa shape index (κ2) is 9.35. The van der Waals surface area contributed by atoms with Crippen LogP contribution in [0.5, 0.6) is 0 Å². The predicted octanol–water partition coefficient (Wildman–Crippen LogP) is 3.39. The number of hydrogen-bond donors (Lipinski definition) is 0. The maximum absolute atomic E-state index is 12.3. The van der Waals surface area contributed by atoms with Crippen LogP contribution in [0.25, 0.3) is 0 Å². The van der Waals surface area contributed by atoms with Gasteiger partial charge in [0.05, 0.1) is 0 Å². The molecule has 0 aromatic rings. The Labute approximate surface area is 120 Å². The van der Waals surface area contributed by atoms with E-state index in [-0.39, 0.29) is 5.41 Å². The fourth-order valence-corrected chi connectivity index (χ4v) is 1.97. The van der Waals surface area contributed by atoms with Crippen LogP contribution in [0, 0.1) is 5.41 Å². The van der Waals surface area contributed by atoms with E-state index in [0.29, 0.717) is 12.3 Å². The molecule has 0 aliphatic rings. The molecule has 3 heteroatoms. The number of carbonyl (C=O) groups is 1. The van der Waals surface area contributed by atoms with E-state index in [9.17, 15) is 4.79 Å². The third-order valence-electron chi connectivity index (χ3n) is 3.32. The van der Waals surface area contributed by atoms with Crippen molar-refractivity contribution in [2.24, 2.45) is 5.41 Å². The Morgan fingerprint density at radius 1 is 1.00 bits per heavy atom. The third kappa shape index (κ3) is 9.94. The molecule has 3 nitrogen and oxygen atoms in total. The normalized spacial score (nSPS) is 11.9. The van der Waals surface area contributed by atoms with Crippen molar-refractivity contribution in [2.45, 2.75) is 60.3 Å². The quantitative estimate of drug-likeness (QED) is 0.641. The van der Waals surface area contributed by atoms with Gasteiger partial charge < -0.3 is 9.80 Å². The molecule has 0 aliphatic carbocycles. The number of rotatable bonds is 9. The zero-order chi connectivity index (χ0) is 14.9. The molecule has 0 fully saturated rings. The summed E-state index contributed by atoms with van der Waals surface area (Å²) in [5.41, 5.74) is 0.0851. The Morgan fingerprint density at radius 2 is 1.58 bits per heavy atom. The van der Waals surface area contributed by atoms with Crippen molar-refractivity contribution in [1.82, 2.24) is 9.80 Å². The molecule has 0 heterocycles. The molecule has 114 valence electrons. The van der Waals surface area contributed by atoms with Crippen LogP contribution in [-0.4, -0.2) is 48.9 Å². The van der Waals surface area contributed by atoms with Crippen molar-refractivity contribution in [1.29, 1.82) is 0 Å². The largest absolute Gasteiger partial charge is 0.343 e. The molecule has 0 unspecified atom stereocenters. The zero-order valence-corrected chi connectivity index (χ0v) is 14.0. The van der Waals surface area contributed by atoms with E-state index in [1.54, 1.807) is 0 Å². The highest BCUT2D eigenvalue weighted by molar-refractivity contribution is 5.76. The van der Waals surface area contributed by atoms with Gasteiger partial charge in [0.15, 0.2) is 0 Å². The van der Waals surface area contributed by atoms with E-state index >= 15 is 0 Å². The van der Waals surface area contributed by atoms with Gasteiger partial charge in [-0.2, -0.15) is 0 Å². The van der Waals surface area contributed by atoms with E-state index in [0.717, 1.165) is 45.4 Å². The van der Waals surface area contributed by atoms with Crippen LogP contribution in [0.3, 0.4) is 0 Å². The summed E-state index contributed by atoms with van der Waals surface area (Å²) in [6.45, 7) is 14.7. The average molecular weight is 270 g/mol. The highest BCUT2D eigenvalue weighted by atomic mass is 16.2. The van der Waals surface area contributed by atoms with E-state index < -0.39 is 0 Å². The molecule has 0 atom stereocenters. The molecule has 0 aromatic carbocycles. The second-order valence-electron chi connectivity index (χ2n) is 6.72. The zero-order valence-electron chi connectivity index (χ0n) is 14.0. The van der Waals surface area contributed by atoms with Gasteiger partial charge in [-0.15, -0.1) is 0 Å². The molecular weight excluding hydrogens is 236 g/mol. The lowest BCUT2D eigenvalue weighted by molar-refractivity contribution is -0.133. The van der Waals surface area contributed by atoms with Crippen LogP contribution >= 0.6 is 0 Å². The minimum atomic E-state index is 0.0851. The Balaban J connectivity index is 4.25. The van der Waals surface area contributed by atoms with Gasteiger partial charge in [-0.05, 0) is 38.4 Å². The lowest BCUT2D eigenvalue weighted by Crippen LogP contribution is -2.36. The molecule has 0 saturated heterocycles. The Hall–Kier alpha value is -0.570. The van der Waals surface area contributed by atoms with Crippen LogP contribution in [0.2, 0.25) is 0 Å². The first kappa shape index (κ1) is 18.4. The number of amides is 1. The van der Waals surface area contributed by atoms with Gasteiger partial charge in [0.2, 0.25) is 5.91 Å². The third-order valence-corrected chi connectivity index (χ3v) is 3.32. The van der Waals surface area contributed by atoms with E-state index in [1.165, 1.54) is 0 Å². The maximum Gasteiger partial charge on any atom is 0.223 e. The predicted molar refractivity (Wildman–Crippen MR) is 83.3 cm³/mol. The molecule has 0 aliphatic heterocycles. The van der Waals surface area contributed by atoms with Crippen molar-refractivity contribution in [3.8, 4) is 0 Å². The van der Waals surface area contributed by atoms with Crippen molar-refractivity contribution in [3.05, 3.63) is 0 Å². The summed E-state index contributed by atoms with van der Waals surface area (Å²) in [6.07, 6.45) is 3.98. The Kier molecular flexibility index (Phi) is 9.07. The van der Waals surface area contributed by atoms with Crippen molar-refractivity contribution in [2.75, 3.05) is 33.2 Å². The topological polar surface area (TPSA) is 23.6 Å². The molecule has 0 N–H and O–H groups in total. The molecular formula is C16H34N2O. The van der Waals surface area contributed by atoms with Crippen LogP contribution in [0.4, 0.5) is 0 Å². The maximum atomic E-state index is 12.3. The van der Waals surface area contributed by atoms with Crippen molar-refractivity contribution >= 4 is 5.91 Å². The van der Waals surface area contributed by atoms with Gasteiger partial charge in [0.1, 0.15) is 0 Å². The molecule has 0 spiro atoms. The van der Waals surface area contributed by atoms with Gasteiger partial charge in [-0.25, -0.2) is 0 Å². The lowest BCUT2D eigenvalue weighted by atomic mass is 9.91. The first-order valence-electron chi connectivity index (χ1n) is 7.76. The van der Waals surface area contributed by atoms with Crippen molar-refractivity contribution < 1.29 is 4.79 Å². The molecule has 0 saturated carbocycles. The fourth-order valence-electron chi connectivity index (χ4n) is 1.97. The van der Waals surface area contributed by atoms with E-state index in [1.807, 2.05) is 0 Å². The van der Waals surface area contributed by atoms with Gasteiger partial charge in [0, 0.05) is 19.5 Å². The average Bonchev–Trinajstić information content (AvgIpc) is 2.30. The number of nitrogens with zero attached hydrogens (tertiary/aromatic N) is 2. The summed E-state index contributed by atoms with van der Waals surface area (Å²) < 4.78 is 0. The molecule has 19 heavy (non-hydrogen) atoms. The van der Waals surface area contributed by atoms with Gasteiger partial charge in [-0.3, -0.25) is 4.79 Å². The summed E-state index contributed by atoms with van der Waals surface area (Å²) in [5.74, 6) is 0.320. The minimum Gasteiger partial charge on any atom is -0.343 e. The second-order valence-corrected chi connectivity index (χ2v) is 6.72. The Bertz CT molecular complexity index is 246. The van der Waals surface area contributed by atoms with E-state index in [4.69, 9.17) is 0 Å². The van der Waals surface area contributed by atoms with Gasteiger partial charge in [0.25, 0.3) is 0 Å².